The summed E-state index contributed by atoms with van der Waals surface area (Å²) in [6, 6.07) is 13.0. The van der Waals surface area contributed by atoms with Gasteiger partial charge in [-0.3, -0.25) is 4.79 Å². The number of carbonyl (C=O) groups is 2. The van der Waals surface area contributed by atoms with Crippen LogP contribution in [0, 0.1) is 5.82 Å². The van der Waals surface area contributed by atoms with Crippen molar-refractivity contribution in [2.45, 2.75) is 26.3 Å². The second-order valence-corrected chi connectivity index (χ2v) is 7.69. The molecular formula is C25H26FN3O3. The fourth-order valence-corrected chi connectivity index (χ4v) is 4.05. The third-order valence-corrected chi connectivity index (χ3v) is 5.52. The number of hydrogen-bond acceptors (Lipinski definition) is 4. The molecule has 0 spiro atoms. The van der Waals surface area contributed by atoms with Crippen LogP contribution in [0.2, 0.25) is 0 Å². The Hall–Kier alpha value is -3.45. The number of carbonyl (C=O) groups excluding carboxylic acids is 2. The van der Waals surface area contributed by atoms with Crippen molar-refractivity contribution in [2.75, 3.05) is 19.7 Å². The summed E-state index contributed by atoms with van der Waals surface area (Å²) >= 11 is 0. The van der Waals surface area contributed by atoms with Gasteiger partial charge in [0.25, 0.3) is 5.91 Å². The van der Waals surface area contributed by atoms with Crippen LogP contribution in [0.3, 0.4) is 0 Å². The lowest BCUT2D eigenvalue weighted by Crippen LogP contribution is -2.35. The van der Waals surface area contributed by atoms with Gasteiger partial charge in [-0.05, 0) is 50.2 Å². The number of benzene rings is 2. The summed E-state index contributed by atoms with van der Waals surface area (Å²) in [4.78, 5) is 31.1. The molecule has 0 saturated carbocycles. The van der Waals surface area contributed by atoms with E-state index in [1.54, 1.807) is 13.1 Å². The van der Waals surface area contributed by atoms with E-state index in [-0.39, 0.29) is 24.1 Å². The molecule has 4 rings (SSSR count). The summed E-state index contributed by atoms with van der Waals surface area (Å²) in [6.45, 7) is 5.10. The van der Waals surface area contributed by atoms with Crippen LogP contribution in [-0.2, 0) is 9.53 Å². The van der Waals surface area contributed by atoms with Crippen molar-refractivity contribution in [3.8, 4) is 0 Å². The average molecular weight is 435 g/mol. The highest BCUT2D eigenvalue weighted by Gasteiger charge is 2.32. The van der Waals surface area contributed by atoms with Crippen LogP contribution in [0.1, 0.15) is 47.9 Å². The minimum atomic E-state index is -0.506. The minimum absolute atomic E-state index is 0.214. The molecule has 0 saturated heterocycles. The zero-order valence-corrected chi connectivity index (χ0v) is 18.2. The number of fused-ring (bicyclic) bond motifs is 3. The van der Waals surface area contributed by atoms with Crippen molar-refractivity contribution in [2.24, 2.45) is 0 Å². The second kappa shape index (κ2) is 9.36. The lowest BCUT2D eigenvalue weighted by molar-refractivity contribution is -0.136. The largest absolute Gasteiger partial charge is 0.462 e. The molecule has 166 valence electrons. The number of esters is 1. The topological polar surface area (TPSA) is 74.4 Å². The highest BCUT2D eigenvalue weighted by molar-refractivity contribution is 6.18. The van der Waals surface area contributed by atoms with E-state index in [1.165, 1.54) is 29.2 Å². The number of ether oxygens (including phenoxy) is 1. The van der Waals surface area contributed by atoms with E-state index in [9.17, 15) is 14.0 Å². The molecule has 3 aromatic rings. The number of halogens is 1. The number of para-hydroxylation sites is 1. The fraction of sp³-hybridized carbons (Fsp3) is 0.280. The standard InChI is InChI=1S/C25H26FN3O3/c1-3-13-27-21-15-29(24(30)16-9-11-17(26)12-10-16)14-19(25(31)32-4-2)23-22(21)18-7-5-6-8-20(18)28-23/h5-12,14,21,27-28H,3-4,13,15H2,1-2H3. The van der Waals surface area contributed by atoms with Crippen LogP contribution in [0.5, 0.6) is 0 Å². The van der Waals surface area contributed by atoms with E-state index >= 15 is 0 Å². The fourth-order valence-electron chi connectivity index (χ4n) is 4.05. The van der Waals surface area contributed by atoms with Gasteiger partial charge >= 0.3 is 5.97 Å². The van der Waals surface area contributed by atoms with Crippen LogP contribution in [0.15, 0.2) is 54.7 Å². The van der Waals surface area contributed by atoms with Gasteiger partial charge in [0, 0.05) is 34.8 Å². The Morgan fingerprint density at radius 2 is 1.91 bits per heavy atom. The molecule has 0 fully saturated rings. The lowest BCUT2D eigenvalue weighted by Gasteiger charge is -2.24. The van der Waals surface area contributed by atoms with Gasteiger partial charge < -0.3 is 19.9 Å². The SMILES string of the molecule is CCCNC1CN(C(=O)c2ccc(F)cc2)C=C(C(=O)OCC)c2[nH]c3ccccc3c21. The van der Waals surface area contributed by atoms with Gasteiger partial charge in [0.05, 0.1) is 23.9 Å². The number of nitrogens with one attached hydrogen (secondary N) is 2. The number of nitrogens with zero attached hydrogens (tertiary/aromatic N) is 1. The minimum Gasteiger partial charge on any atom is -0.462 e. The molecule has 6 nitrogen and oxygen atoms in total. The van der Waals surface area contributed by atoms with E-state index in [4.69, 9.17) is 4.74 Å². The molecule has 32 heavy (non-hydrogen) atoms. The third kappa shape index (κ3) is 4.16. The maximum absolute atomic E-state index is 13.4. The van der Waals surface area contributed by atoms with E-state index in [1.807, 2.05) is 24.3 Å². The van der Waals surface area contributed by atoms with Crippen LogP contribution in [-0.4, -0.2) is 41.5 Å². The quantitative estimate of drug-likeness (QED) is 0.563. The second-order valence-electron chi connectivity index (χ2n) is 7.69. The zero-order chi connectivity index (χ0) is 22.7. The molecule has 1 atom stereocenters. The van der Waals surface area contributed by atoms with Crippen LogP contribution < -0.4 is 5.32 Å². The Balaban J connectivity index is 1.86. The monoisotopic (exact) mass is 435 g/mol. The Morgan fingerprint density at radius 1 is 1.16 bits per heavy atom. The summed E-state index contributed by atoms with van der Waals surface area (Å²) in [7, 11) is 0. The van der Waals surface area contributed by atoms with Gasteiger partial charge in [0.1, 0.15) is 5.82 Å². The van der Waals surface area contributed by atoms with Gasteiger partial charge in [0.15, 0.2) is 0 Å². The molecule has 0 aliphatic carbocycles. The molecule has 1 aromatic heterocycles. The van der Waals surface area contributed by atoms with Gasteiger partial charge in [-0.1, -0.05) is 25.1 Å². The maximum atomic E-state index is 13.4. The van der Waals surface area contributed by atoms with Gasteiger partial charge in [-0.2, -0.15) is 0 Å². The van der Waals surface area contributed by atoms with Gasteiger partial charge in [0.2, 0.25) is 0 Å². The number of hydrogen-bond donors (Lipinski definition) is 2. The summed E-state index contributed by atoms with van der Waals surface area (Å²) < 4.78 is 18.7. The Bertz CT molecular complexity index is 1170. The van der Waals surface area contributed by atoms with Gasteiger partial charge in [-0.25, -0.2) is 9.18 Å². The predicted molar refractivity (Wildman–Crippen MR) is 121 cm³/mol. The summed E-state index contributed by atoms with van der Waals surface area (Å²) in [6.07, 6.45) is 2.46. The Labute approximate surface area is 186 Å². The first kappa shape index (κ1) is 21.8. The van der Waals surface area contributed by atoms with E-state index < -0.39 is 11.8 Å². The molecule has 1 unspecified atom stereocenters. The zero-order valence-electron chi connectivity index (χ0n) is 18.2. The smallest absolute Gasteiger partial charge is 0.341 e. The van der Waals surface area contributed by atoms with Crippen molar-refractivity contribution in [3.05, 3.63) is 77.4 Å². The summed E-state index contributed by atoms with van der Waals surface area (Å²) in [5.41, 5.74) is 3.12. The molecule has 7 heteroatoms. The van der Waals surface area contributed by atoms with Crippen LogP contribution in [0.25, 0.3) is 16.5 Å². The molecule has 1 aliphatic heterocycles. The predicted octanol–water partition coefficient (Wildman–Crippen LogP) is 4.41. The van der Waals surface area contributed by atoms with Crippen molar-refractivity contribution in [1.82, 2.24) is 15.2 Å². The molecule has 0 radical (unpaired) electrons. The number of rotatable bonds is 6. The Kier molecular flexibility index (Phi) is 6.37. The first-order valence-electron chi connectivity index (χ1n) is 10.8. The van der Waals surface area contributed by atoms with Crippen molar-refractivity contribution in [3.63, 3.8) is 0 Å². The molecular weight excluding hydrogens is 409 g/mol. The number of H-pyrrole nitrogens is 1. The van der Waals surface area contributed by atoms with Crippen LogP contribution in [0.4, 0.5) is 4.39 Å². The van der Waals surface area contributed by atoms with Gasteiger partial charge in [-0.15, -0.1) is 0 Å². The third-order valence-electron chi connectivity index (χ3n) is 5.52. The molecule has 2 heterocycles. The molecule has 1 amide bonds. The van der Waals surface area contributed by atoms with Crippen molar-refractivity contribution < 1.29 is 18.7 Å². The van der Waals surface area contributed by atoms with Crippen molar-refractivity contribution in [1.29, 1.82) is 0 Å². The number of aromatic amines is 1. The maximum Gasteiger partial charge on any atom is 0.341 e. The van der Waals surface area contributed by atoms with Crippen LogP contribution >= 0.6 is 0 Å². The summed E-state index contributed by atoms with van der Waals surface area (Å²) in [5, 5.41) is 4.51. The number of amides is 1. The first-order chi connectivity index (χ1) is 15.5. The average Bonchev–Trinajstić information content (AvgIpc) is 3.10. The highest BCUT2D eigenvalue weighted by atomic mass is 19.1. The van der Waals surface area contributed by atoms with E-state index in [0.717, 1.165) is 29.4 Å². The lowest BCUT2D eigenvalue weighted by atomic mass is 10.00. The molecule has 2 N–H and O–H groups in total. The molecule has 1 aliphatic rings. The summed E-state index contributed by atoms with van der Waals surface area (Å²) in [5.74, 6) is -1.23. The molecule has 2 aromatic carbocycles. The number of aromatic nitrogens is 1. The first-order valence-corrected chi connectivity index (χ1v) is 10.8. The molecule has 0 bridgehead atoms. The van der Waals surface area contributed by atoms with E-state index in [0.29, 0.717) is 17.8 Å². The van der Waals surface area contributed by atoms with Crippen molar-refractivity contribution >= 4 is 28.4 Å². The Morgan fingerprint density at radius 3 is 2.62 bits per heavy atom. The normalized spacial score (nSPS) is 15.8. The highest BCUT2D eigenvalue weighted by Crippen LogP contribution is 2.36. The van der Waals surface area contributed by atoms with E-state index in [2.05, 4.69) is 17.2 Å².